The number of hydrogen-bond acceptors (Lipinski definition) is 5. The van der Waals surface area contributed by atoms with E-state index in [0.29, 0.717) is 18.2 Å². The maximum Gasteiger partial charge on any atom is 0.240 e. The zero-order valence-electron chi connectivity index (χ0n) is 10.5. The highest BCUT2D eigenvalue weighted by Crippen LogP contribution is 2.20. The number of anilines is 1. The molecule has 0 fully saturated rings. The maximum atomic E-state index is 5.61. The number of hydrogen-bond donors (Lipinski definition) is 1. The van der Waals surface area contributed by atoms with Crippen LogP contribution in [0.2, 0.25) is 0 Å². The summed E-state index contributed by atoms with van der Waals surface area (Å²) in [4.78, 5) is 4.11. The Balaban J connectivity index is 2.12. The van der Waals surface area contributed by atoms with E-state index in [-0.39, 0.29) is 5.95 Å². The first-order chi connectivity index (χ1) is 8.65. The first-order valence-electron chi connectivity index (χ1n) is 5.83. The number of benzene rings is 1. The Kier molecular flexibility index (Phi) is 3.72. The van der Waals surface area contributed by atoms with Crippen LogP contribution in [0, 0.1) is 5.92 Å². The van der Waals surface area contributed by atoms with E-state index in [0.717, 1.165) is 11.3 Å². The number of rotatable bonds is 4. The number of nitrogens with zero attached hydrogens (tertiary/aromatic N) is 3. The van der Waals surface area contributed by atoms with Crippen LogP contribution in [0.4, 0.5) is 5.95 Å². The fourth-order valence-electron chi connectivity index (χ4n) is 1.44. The van der Waals surface area contributed by atoms with Crippen LogP contribution in [-0.2, 0) is 0 Å². The molecule has 18 heavy (non-hydrogen) atoms. The number of ether oxygens (including phenoxy) is 1. The van der Waals surface area contributed by atoms with Gasteiger partial charge in [-0.15, -0.1) is 5.10 Å². The average Bonchev–Trinajstić information content (AvgIpc) is 2.37. The molecule has 0 aliphatic rings. The topological polar surface area (TPSA) is 73.9 Å². The second-order valence-corrected chi connectivity index (χ2v) is 4.43. The predicted octanol–water partition coefficient (Wildman–Crippen LogP) is 2.16. The van der Waals surface area contributed by atoms with Gasteiger partial charge in [-0.25, -0.2) is 4.98 Å². The Morgan fingerprint density at radius 2 is 1.94 bits per heavy atom. The summed E-state index contributed by atoms with van der Waals surface area (Å²) in [5, 5.41) is 7.40. The lowest BCUT2D eigenvalue weighted by Crippen LogP contribution is -2.04. The van der Waals surface area contributed by atoms with Gasteiger partial charge in [0.15, 0.2) is 0 Å². The van der Waals surface area contributed by atoms with E-state index in [1.807, 2.05) is 24.3 Å². The van der Waals surface area contributed by atoms with Crippen molar-refractivity contribution in [2.45, 2.75) is 13.8 Å². The molecule has 2 aromatic rings. The molecule has 0 aliphatic heterocycles. The van der Waals surface area contributed by atoms with Gasteiger partial charge in [0.2, 0.25) is 5.95 Å². The van der Waals surface area contributed by atoms with E-state index < -0.39 is 0 Å². The van der Waals surface area contributed by atoms with E-state index in [1.165, 1.54) is 0 Å². The van der Waals surface area contributed by atoms with Gasteiger partial charge in [0, 0.05) is 5.56 Å². The third-order valence-corrected chi connectivity index (χ3v) is 2.31. The molecule has 0 radical (unpaired) electrons. The quantitative estimate of drug-likeness (QED) is 0.892. The van der Waals surface area contributed by atoms with Gasteiger partial charge in [0.05, 0.1) is 18.5 Å². The van der Waals surface area contributed by atoms with Crippen molar-refractivity contribution in [1.82, 2.24) is 15.2 Å². The highest BCUT2D eigenvalue weighted by Gasteiger charge is 2.02. The summed E-state index contributed by atoms with van der Waals surface area (Å²) in [5.41, 5.74) is 7.14. The largest absolute Gasteiger partial charge is 0.493 e. The maximum absolute atomic E-state index is 5.61. The molecule has 94 valence electrons. The number of aromatic nitrogens is 3. The highest BCUT2D eigenvalue weighted by molar-refractivity contribution is 5.59. The van der Waals surface area contributed by atoms with Gasteiger partial charge in [0.1, 0.15) is 5.75 Å². The molecule has 0 aliphatic carbocycles. The standard InChI is InChI=1S/C13H16N4O/c1-9(2)8-18-11-5-3-10(4-6-11)12-7-15-17-13(14)16-12/h3-7,9H,8H2,1-2H3,(H2,14,16,17). The van der Waals surface area contributed by atoms with Gasteiger partial charge in [0.25, 0.3) is 0 Å². The minimum atomic E-state index is 0.174. The predicted molar refractivity (Wildman–Crippen MR) is 70.0 cm³/mol. The number of nitrogen functional groups attached to an aromatic ring is 1. The van der Waals surface area contributed by atoms with Crippen molar-refractivity contribution in [3.63, 3.8) is 0 Å². The van der Waals surface area contributed by atoms with Crippen molar-refractivity contribution < 1.29 is 4.74 Å². The van der Waals surface area contributed by atoms with E-state index >= 15 is 0 Å². The summed E-state index contributed by atoms with van der Waals surface area (Å²) >= 11 is 0. The van der Waals surface area contributed by atoms with Gasteiger partial charge in [-0.3, -0.25) is 0 Å². The molecule has 0 spiro atoms. The van der Waals surface area contributed by atoms with Crippen LogP contribution in [0.3, 0.4) is 0 Å². The molecule has 5 nitrogen and oxygen atoms in total. The monoisotopic (exact) mass is 244 g/mol. The summed E-state index contributed by atoms with van der Waals surface area (Å²) < 4.78 is 5.61. The molecule has 2 N–H and O–H groups in total. The van der Waals surface area contributed by atoms with Gasteiger partial charge >= 0.3 is 0 Å². The van der Waals surface area contributed by atoms with Crippen LogP contribution in [0.15, 0.2) is 30.5 Å². The lowest BCUT2D eigenvalue weighted by Gasteiger charge is -2.09. The summed E-state index contributed by atoms with van der Waals surface area (Å²) in [6, 6.07) is 7.68. The van der Waals surface area contributed by atoms with Crippen LogP contribution >= 0.6 is 0 Å². The highest BCUT2D eigenvalue weighted by atomic mass is 16.5. The Bertz CT molecular complexity index is 511. The molecular weight excluding hydrogens is 228 g/mol. The summed E-state index contributed by atoms with van der Waals surface area (Å²) in [5.74, 6) is 1.53. The molecule has 1 heterocycles. The van der Waals surface area contributed by atoms with E-state index in [1.54, 1.807) is 6.20 Å². The van der Waals surface area contributed by atoms with E-state index in [2.05, 4.69) is 29.0 Å². The SMILES string of the molecule is CC(C)COc1ccc(-c2cnnc(N)n2)cc1. The molecular formula is C13H16N4O. The second-order valence-electron chi connectivity index (χ2n) is 4.43. The zero-order valence-corrected chi connectivity index (χ0v) is 10.5. The van der Waals surface area contributed by atoms with Crippen molar-refractivity contribution >= 4 is 5.95 Å². The fraction of sp³-hybridized carbons (Fsp3) is 0.308. The molecule has 2 rings (SSSR count). The van der Waals surface area contributed by atoms with Gasteiger partial charge < -0.3 is 10.5 Å². The smallest absolute Gasteiger partial charge is 0.240 e. The van der Waals surface area contributed by atoms with Gasteiger partial charge in [-0.05, 0) is 30.2 Å². The molecule has 0 unspecified atom stereocenters. The first kappa shape index (κ1) is 12.3. The molecule has 0 amide bonds. The molecule has 0 saturated carbocycles. The fourth-order valence-corrected chi connectivity index (χ4v) is 1.44. The normalized spacial score (nSPS) is 10.6. The minimum absolute atomic E-state index is 0.174. The van der Waals surface area contributed by atoms with Gasteiger partial charge in [-0.1, -0.05) is 13.8 Å². The van der Waals surface area contributed by atoms with Crippen molar-refractivity contribution in [3.8, 4) is 17.0 Å². The molecule has 0 atom stereocenters. The minimum Gasteiger partial charge on any atom is -0.493 e. The van der Waals surface area contributed by atoms with Gasteiger partial charge in [-0.2, -0.15) is 5.10 Å². The van der Waals surface area contributed by atoms with Crippen molar-refractivity contribution in [1.29, 1.82) is 0 Å². The Labute approximate surface area is 106 Å². The Morgan fingerprint density at radius 3 is 2.56 bits per heavy atom. The van der Waals surface area contributed by atoms with Crippen molar-refractivity contribution in [3.05, 3.63) is 30.5 Å². The van der Waals surface area contributed by atoms with Crippen LogP contribution in [0.25, 0.3) is 11.3 Å². The third kappa shape index (κ3) is 3.16. The molecule has 0 saturated heterocycles. The van der Waals surface area contributed by atoms with Crippen LogP contribution < -0.4 is 10.5 Å². The van der Waals surface area contributed by atoms with Crippen LogP contribution in [-0.4, -0.2) is 21.8 Å². The summed E-state index contributed by atoms with van der Waals surface area (Å²) in [7, 11) is 0. The second kappa shape index (κ2) is 5.44. The summed E-state index contributed by atoms with van der Waals surface area (Å²) in [6.07, 6.45) is 1.58. The summed E-state index contributed by atoms with van der Waals surface area (Å²) in [6.45, 7) is 4.94. The third-order valence-electron chi connectivity index (χ3n) is 2.31. The van der Waals surface area contributed by atoms with E-state index in [4.69, 9.17) is 10.5 Å². The lowest BCUT2D eigenvalue weighted by atomic mass is 10.1. The Hall–Kier alpha value is -2.17. The average molecular weight is 244 g/mol. The van der Waals surface area contributed by atoms with Crippen LogP contribution in [0.1, 0.15) is 13.8 Å². The van der Waals surface area contributed by atoms with Crippen LogP contribution in [0.5, 0.6) is 5.75 Å². The molecule has 1 aromatic heterocycles. The van der Waals surface area contributed by atoms with Crippen molar-refractivity contribution in [2.24, 2.45) is 5.92 Å². The number of nitrogens with two attached hydrogens (primary N) is 1. The van der Waals surface area contributed by atoms with E-state index in [9.17, 15) is 0 Å². The molecule has 0 bridgehead atoms. The first-order valence-corrected chi connectivity index (χ1v) is 5.83. The lowest BCUT2D eigenvalue weighted by molar-refractivity contribution is 0.271. The zero-order chi connectivity index (χ0) is 13.0. The Morgan fingerprint density at radius 1 is 1.22 bits per heavy atom. The van der Waals surface area contributed by atoms with Crippen molar-refractivity contribution in [2.75, 3.05) is 12.3 Å². The molecule has 1 aromatic carbocycles. The molecule has 5 heteroatoms.